The Morgan fingerprint density at radius 2 is 2.23 bits per heavy atom. The zero-order valence-corrected chi connectivity index (χ0v) is 8.95. The first-order valence-electron chi connectivity index (χ1n) is 5.22. The maximum atomic E-state index is 9.44. The number of aliphatic hydroxyl groups is 1. The number of rotatable bonds is 4. The minimum Gasteiger partial charge on any atom is -0.392 e. The third kappa shape index (κ3) is 2.93. The molecule has 78 valence electrons. The molecule has 1 saturated heterocycles. The molecule has 0 radical (unpaired) electrons. The highest BCUT2D eigenvalue weighted by molar-refractivity contribution is 4.82. The molecule has 0 saturated carbocycles. The van der Waals surface area contributed by atoms with E-state index in [2.05, 4.69) is 17.1 Å². The molecule has 1 aliphatic heterocycles. The number of likely N-dealkylation sites (tertiary alicyclic amines) is 1. The number of hydrogen-bond acceptors (Lipinski definition) is 3. The number of aliphatic hydroxyl groups excluding tert-OH is 1. The van der Waals surface area contributed by atoms with Gasteiger partial charge in [-0.15, -0.1) is 0 Å². The lowest BCUT2D eigenvalue weighted by Crippen LogP contribution is -2.39. The fourth-order valence-electron chi connectivity index (χ4n) is 1.99. The first kappa shape index (κ1) is 11.0. The van der Waals surface area contributed by atoms with Crippen LogP contribution in [0.5, 0.6) is 0 Å². The topological polar surface area (TPSA) is 35.5 Å². The molecule has 3 heteroatoms. The summed E-state index contributed by atoms with van der Waals surface area (Å²) in [5.74, 6) is 0.770. The van der Waals surface area contributed by atoms with Gasteiger partial charge in [-0.05, 0) is 46.3 Å². The molecule has 0 bridgehead atoms. The number of hydrogen-bond donors (Lipinski definition) is 2. The van der Waals surface area contributed by atoms with Crippen LogP contribution in [-0.4, -0.2) is 48.8 Å². The lowest BCUT2D eigenvalue weighted by atomic mass is 10.1. The van der Waals surface area contributed by atoms with E-state index in [1.54, 1.807) is 0 Å². The Bertz CT molecular complexity index is 150. The second-order valence-electron chi connectivity index (χ2n) is 4.19. The minimum absolute atomic E-state index is 0.215. The van der Waals surface area contributed by atoms with Crippen molar-refractivity contribution in [1.82, 2.24) is 10.2 Å². The van der Waals surface area contributed by atoms with Gasteiger partial charge in [0.2, 0.25) is 0 Å². The van der Waals surface area contributed by atoms with E-state index in [0.29, 0.717) is 6.04 Å². The highest BCUT2D eigenvalue weighted by Gasteiger charge is 2.27. The van der Waals surface area contributed by atoms with Gasteiger partial charge in [0, 0.05) is 12.6 Å². The average Bonchev–Trinajstić information content (AvgIpc) is 2.52. The summed E-state index contributed by atoms with van der Waals surface area (Å²) in [6.45, 7) is 7.34. The van der Waals surface area contributed by atoms with Crippen LogP contribution in [-0.2, 0) is 0 Å². The van der Waals surface area contributed by atoms with Crippen molar-refractivity contribution in [2.45, 2.75) is 32.4 Å². The Morgan fingerprint density at radius 3 is 2.77 bits per heavy atom. The molecular formula is C10H22N2O. The quantitative estimate of drug-likeness (QED) is 0.663. The fourth-order valence-corrected chi connectivity index (χ4v) is 1.99. The van der Waals surface area contributed by atoms with Crippen molar-refractivity contribution in [3.8, 4) is 0 Å². The van der Waals surface area contributed by atoms with Gasteiger partial charge in [-0.25, -0.2) is 0 Å². The average molecular weight is 186 g/mol. The fraction of sp³-hybridized carbons (Fsp3) is 1.00. The van der Waals surface area contributed by atoms with Crippen molar-refractivity contribution in [3.05, 3.63) is 0 Å². The molecule has 3 unspecified atom stereocenters. The summed E-state index contributed by atoms with van der Waals surface area (Å²) in [5, 5.41) is 12.6. The summed E-state index contributed by atoms with van der Waals surface area (Å²) in [6, 6.07) is 0.307. The monoisotopic (exact) mass is 186 g/mol. The van der Waals surface area contributed by atoms with Crippen molar-refractivity contribution in [2.75, 3.05) is 26.7 Å². The van der Waals surface area contributed by atoms with E-state index in [4.69, 9.17) is 0 Å². The van der Waals surface area contributed by atoms with Gasteiger partial charge in [0.25, 0.3) is 0 Å². The van der Waals surface area contributed by atoms with E-state index < -0.39 is 0 Å². The predicted molar refractivity (Wildman–Crippen MR) is 54.7 cm³/mol. The van der Waals surface area contributed by atoms with Crippen LogP contribution in [0.15, 0.2) is 0 Å². The molecule has 0 aromatic heterocycles. The van der Waals surface area contributed by atoms with Gasteiger partial charge in [-0.3, -0.25) is 4.90 Å². The molecule has 3 nitrogen and oxygen atoms in total. The summed E-state index contributed by atoms with van der Waals surface area (Å²) in [5.41, 5.74) is 0. The van der Waals surface area contributed by atoms with E-state index in [-0.39, 0.29) is 6.10 Å². The third-order valence-corrected chi connectivity index (χ3v) is 3.08. The molecule has 1 aliphatic rings. The van der Waals surface area contributed by atoms with Gasteiger partial charge in [0.1, 0.15) is 0 Å². The van der Waals surface area contributed by atoms with Crippen LogP contribution in [0.3, 0.4) is 0 Å². The van der Waals surface area contributed by atoms with Gasteiger partial charge < -0.3 is 10.4 Å². The van der Waals surface area contributed by atoms with Crippen molar-refractivity contribution in [1.29, 1.82) is 0 Å². The van der Waals surface area contributed by atoms with Gasteiger partial charge in [-0.1, -0.05) is 0 Å². The van der Waals surface area contributed by atoms with Crippen LogP contribution >= 0.6 is 0 Å². The van der Waals surface area contributed by atoms with Crippen LogP contribution in [0.2, 0.25) is 0 Å². The molecule has 0 spiro atoms. The molecule has 1 heterocycles. The Labute approximate surface area is 81.1 Å². The summed E-state index contributed by atoms with van der Waals surface area (Å²) in [6.07, 6.45) is 1.05. The zero-order valence-electron chi connectivity index (χ0n) is 8.95. The highest BCUT2D eigenvalue weighted by Crippen LogP contribution is 2.19. The van der Waals surface area contributed by atoms with E-state index >= 15 is 0 Å². The summed E-state index contributed by atoms with van der Waals surface area (Å²) in [4.78, 5) is 2.38. The number of nitrogens with zero attached hydrogens (tertiary/aromatic N) is 1. The minimum atomic E-state index is -0.215. The summed E-state index contributed by atoms with van der Waals surface area (Å²) in [7, 11) is 2.00. The van der Waals surface area contributed by atoms with Crippen molar-refractivity contribution in [2.24, 2.45) is 5.92 Å². The molecule has 1 fully saturated rings. The Hall–Kier alpha value is -0.120. The maximum Gasteiger partial charge on any atom is 0.0664 e. The van der Waals surface area contributed by atoms with E-state index in [9.17, 15) is 5.11 Å². The first-order chi connectivity index (χ1) is 6.15. The van der Waals surface area contributed by atoms with Crippen LogP contribution in [0.4, 0.5) is 0 Å². The van der Waals surface area contributed by atoms with E-state index in [1.165, 1.54) is 6.42 Å². The molecule has 3 atom stereocenters. The smallest absolute Gasteiger partial charge is 0.0664 e. The summed E-state index contributed by atoms with van der Waals surface area (Å²) >= 11 is 0. The normalized spacial score (nSPS) is 29.1. The van der Waals surface area contributed by atoms with Gasteiger partial charge in [-0.2, -0.15) is 0 Å². The zero-order chi connectivity index (χ0) is 9.84. The Balaban J connectivity index is 2.31. The van der Waals surface area contributed by atoms with E-state index in [1.807, 2.05) is 14.0 Å². The predicted octanol–water partition coefficient (Wildman–Crippen LogP) is 0.297. The van der Waals surface area contributed by atoms with Crippen LogP contribution in [0.25, 0.3) is 0 Å². The van der Waals surface area contributed by atoms with Crippen molar-refractivity contribution < 1.29 is 5.11 Å². The van der Waals surface area contributed by atoms with Gasteiger partial charge in [0.05, 0.1) is 6.10 Å². The van der Waals surface area contributed by atoms with Crippen molar-refractivity contribution >= 4 is 0 Å². The second-order valence-corrected chi connectivity index (χ2v) is 4.19. The van der Waals surface area contributed by atoms with Gasteiger partial charge in [0.15, 0.2) is 0 Å². The molecule has 1 rings (SSSR count). The SMILES string of the molecule is CNCC1CCN(C(C)C(C)O)C1. The molecular weight excluding hydrogens is 164 g/mol. The molecule has 0 aliphatic carbocycles. The Kier molecular flexibility index (Phi) is 4.16. The summed E-state index contributed by atoms with van der Waals surface area (Å²) < 4.78 is 0. The standard InChI is InChI=1S/C10H22N2O/c1-8(9(2)13)12-5-4-10(7-12)6-11-3/h8-11,13H,4-7H2,1-3H3. The van der Waals surface area contributed by atoms with E-state index in [0.717, 1.165) is 25.6 Å². The molecule has 2 N–H and O–H groups in total. The first-order valence-corrected chi connectivity index (χ1v) is 5.22. The lowest BCUT2D eigenvalue weighted by Gasteiger charge is -2.26. The third-order valence-electron chi connectivity index (χ3n) is 3.08. The van der Waals surface area contributed by atoms with Crippen LogP contribution in [0.1, 0.15) is 20.3 Å². The molecule has 13 heavy (non-hydrogen) atoms. The maximum absolute atomic E-state index is 9.44. The Morgan fingerprint density at radius 1 is 1.54 bits per heavy atom. The molecule has 0 amide bonds. The van der Waals surface area contributed by atoms with Crippen LogP contribution < -0.4 is 5.32 Å². The van der Waals surface area contributed by atoms with Crippen molar-refractivity contribution in [3.63, 3.8) is 0 Å². The number of nitrogens with one attached hydrogen (secondary N) is 1. The van der Waals surface area contributed by atoms with Gasteiger partial charge >= 0.3 is 0 Å². The largest absolute Gasteiger partial charge is 0.392 e. The molecule has 0 aromatic rings. The van der Waals surface area contributed by atoms with Crippen LogP contribution in [0, 0.1) is 5.92 Å². The highest BCUT2D eigenvalue weighted by atomic mass is 16.3. The second kappa shape index (κ2) is 4.94. The molecule has 0 aromatic carbocycles. The lowest BCUT2D eigenvalue weighted by molar-refractivity contribution is 0.0834.